The zero-order valence-corrected chi connectivity index (χ0v) is 35.8. The van der Waals surface area contributed by atoms with E-state index in [0.717, 1.165) is 53.5 Å². The lowest BCUT2D eigenvalue weighted by molar-refractivity contribution is -0.111. The molecule has 0 bridgehead atoms. The summed E-state index contributed by atoms with van der Waals surface area (Å²) in [5.74, 6) is -0.994. The summed E-state index contributed by atoms with van der Waals surface area (Å²) in [5.41, 5.74) is 7.28. The molecular formula is C47H42N2O7S4-2. The second kappa shape index (κ2) is 19.5. The van der Waals surface area contributed by atoms with E-state index in [4.69, 9.17) is 0 Å². The Balaban J connectivity index is 0.000000834. The molecule has 0 amide bonds. The number of allylic oxidation sites excluding steroid dienone is 6. The molecule has 0 atom stereocenters. The van der Waals surface area contributed by atoms with Crippen LogP contribution in [0.3, 0.4) is 0 Å². The predicted octanol–water partition coefficient (Wildman–Crippen LogP) is 10.0. The second-order valence-corrected chi connectivity index (χ2v) is 19.4. The summed E-state index contributed by atoms with van der Waals surface area (Å²) in [6.45, 7) is 0.650. The molecule has 5 aromatic carbocycles. The zero-order valence-electron chi connectivity index (χ0n) is 32.6. The first-order chi connectivity index (χ1) is 28.9. The number of benzene rings is 5. The molecule has 0 N–H and O–H groups in total. The zero-order chi connectivity index (χ0) is 42.1. The van der Waals surface area contributed by atoms with E-state index in [2.05, 4.69) is 12.1 Å². The standard InChI is InChI=1S/C41H38N2O7S4.C6H6/c44-41-31(17-21-39-42(23-7-25-53(45,46)47)35-27-33(15-19-37(35)51-39)29-9-3-1-4-10-29)13-14-32(41)18-22-40-43(24-8-26-54(48,49)50)36-28-34(16-20-38(36)52-40)30-11-5-2-6-12-30;1-2-4-6-5-3-1/h1-6,9-12,15-22,27-28H,7-8,13-14,23-26H2,(H,45,46,47)(H,48,49,50);1-6H/p-2/b31-17+,32-18+,39-21-,40-22-;. The minimum atomic E-state index is -4.37. The predicted molar refractivity (Wildman–Crippen MR) is 242 cm³/mol. The van der Waals surface area contributed by atoms with E-state index in [0.29, 0.717) is 37.1 Å². The molecule has 13 heteroatoms. The lowest BCUT2D eigenvalue weighted by Crippen LogP contribution is -2.21. The number of Topliss-reactive ketones (excluding diaryl/α,β-unsaturated/α-hetero) is 1. The van der Waals surface area contributed by atoms with Gasteiger partial charge in [0.05, 0.1) is 41.7 Å². The molecule has 8 rings (SSSR count). The fraction of sp³-hybridized carbons (Fsp3) is 0.170. The topological polar surface area (TPSA) is 138 Å². The van der Waals surface area contributed by atoms with Crippen molar-refractivity contribution in [3.63, 3.8) is 0 Å². The molecule has 0 radical (unpaired) electrons. The SMILES string of the molecule is O=C1/C(=C/C=C2\Sc3ccc(-c4ccccc4)cc3N2CCCS(=O)(=O)[O-])CC/C1=C\C=C1/Sc2ccc(-c3ccccc3)cc2N1CCCS(=O)(=O)[O-].c1ccccc1. The first-order valence-electron chi connectivity index (χ1n) is 19.5. The maximum Gasteiger partial charge on any atom is 0.185 e. The summed E-state index contributed by atoms with van der Waals surface area (Å²) < 4.78 is 68.5. The van der Waals surface area contributed by atoms with E-state index in [-0.39, 0.29) is 18.6 Å². The van der Waals surface area contributed by atoms with E-state index in [1.165, 1.54) is 23.5 Å². The number of ketones is 1. The third-order valence-electron chi connectivity index (χ3n) is 9.99. The van der Waals surface area contributed by atoms with E-state index in [1.807, 2.05) is 155 Å². The van der Waals surface area contributed by atoms with Gasteiger partial charge in [0, 0.05) is 45.5 Å². The number of nitrogens with zero attached hydrogens (tertiary/aromatic N) is 2. The van der Waals surface area contributed by atoms with Gasteiger partial charge in [-0.15, -0.1) is 0 Å². The van der Waals surface area contributed by atoms with Crippen LogP contribution in [0, 0.1) is 0 Å². The Morgan fingerprint density at radius 3 is 1.23 bits per heavy atom. The van der Waals surface area contributed by atoms with Crippen LogP contribution in [0.25, 0.3) is 22.3 Å². The Bertz CT molecular complexity index is 2490. The van der Waals surface area contributed by atoms with Crippen LogP contribution in [0.5, 0.6) is 0 Å². The van der Waals surface area contributed by atoms with Crippen molar-refractivity contribution in [1.29, 1.82) is 0 Å². The molecule has 9 nitrogen and oxygen atoms in total. The van der Waals surface area contributed by atoms with Crippen LogP contribution >= 0.6 is 23.5 Å². The third kappa shape index (κ3) is 11.4. The summed E-state index contributed by atoms with van der Waals surface area (Å²) in [7, 11) is -8.73. The fourth-order valence-electron chi connectivity index (χ4n) is 7.08. The minimum Gasteiger partial charge on any atom is -0.748 e. The van der Waals surface area contributed by atoms with Crippen molar-refractivity contribution in [3.05, 3.63) is 179 Å². The van der Waals surface area contributed by atoms with Crippen molar-refractivity contribution in [3.8, 4) is 22.3 Å². The molecule has 3 aliphatic rings. The van der Waals surface area contributed by atoms with Crippen molar-refractivity contribution in [2.45, 2.75) is 35.5 Å². The van der Waals surface area contributed by atoms with Crippen molar-refractivity contribution < 1.29 is 30.7 Å². The first-order valence-corrected chi connectivity index (χ1v) is 24.2. The molecule has 2 heterocycles. The monoisotopic (exact) mass is 874 g/mol. The molecule has 1 aliphatic carbocycles. The van der Waals surface area contributed by atoms with Gasteiger partial charge in [0.15, 0.2) is 5.78 Å². The maximum absolute atomic E-state index is 13.6. The molecule has 0 unspecified atom stereocenters. The Labute approximate surface area is 360 Å². The number of thioether (sulfide) groups is 2. The van der Waals surface area contributed by atoms with Gasteiger partial charge in [-0.05, 0) is 84.4 Å². The molecule has 5 aromatic rings. The van der Waals surface area contributed by atoms with Crippen LogP contribution in [-0.4, -0.2) is 56.3 Å². The fourth-order valence-corrected chi connectivity index (χ4v) is 10.2. The van der Waals surface area contributed by atoms with Gasteiger partial charge in [-0.2, -0.15) is 0 Å². The Morgan fingerprint density at radius 1 is 0.500 bits per heavy atom. The number of rotatable bonds is 12. The van der Waals surface area contributed by atoms with Crippen LogP contribution in [0.1, 0.15) is 25.7 Å². The van der Waals surface area contributed by atoms with Gasteiger partial charge in [0.1, 0.15) is 0 Å². The number of carbonyl (C=O) groups excluding carboxylic acids is 1. The molecule has 2 aliphatic heterocycles. The van der Waals surface area contributed by atoms with E-state index in [9.17, 15) is 30.7 Å². The van der Waals surface area contributed by atoms with Crippen LogP contribution in [0.15, 0.2) is 189 Å². The summed E-state index contributed by atoms with van der Waals surface area (Å²) in [4.78, 5) is 19.7. The number of hydrogen-bond acceptors (Lipinski definition) is 11. The molecule has 1 saturated carbocycles. The average molecular weight is 875 g/mol. The largest absolute Gasteiger partial charge is 0.748 e. The van der Waals surface area contributed by atoms with Crippen LogP contribution in [0.4, 0.5) is 11.4 Å². The Kier molecular flexibility index (Phi) is 14.0. The Morgan fingerprint density at radius 2 is 0.867 bits per heavy atom. The number of fused-ring (bicyclic) bond motifs is 2. The lowest BCUT2D eigenvalue weighted by atomic mass is 10.0. The summed E-state index contributed by atoms with van der Waals surface area (Å²) in [5, 5.41) is 1.67. The van der Waals surface area contributed by atoms with Crippen molar-refractivity contribution in [1.82, 2.24) is 0 Å². The highest BCUT2D eigenvalue weighted by Gasteiger charge is 2.28. The van der Waals surface area contributed by atoms with E-state index >= 15 is 0 Å². The molecule has 0 saturated heterocycles. The summed E-state index contributed by atoms with van der Waals surface area (Å²) >= 11 is 3.07. The molecule has 60 heavy (non-hydrogen) atoms. The third-order valence-corrected chi connectivity index (χ3v) is 13.8. The number of anilines is 2. The van der Waals surface area contributed by atoms with Crippen molar-refractivity contribution in [2.75, 3.05) is 34.4 Å². The minimum absolute atomic E-state index is 0.0598. The van der Waals surface area contributed by atoms with Gasteiger partial charge in [-0.1, -0.05) is 145 Å². The van der Waals surface area contributed by atoms with Crippen LogP contribution < -0.4 is 9.80 Å². The smallest absolute Gasteiger partial charge is 0.185 e. The van der Waals surface area contributed by atoms with Gasteiger partial charge >= 0.3 is 0 Å². The second-order valence-electron chi connectivity index (χ2n) is 14.2. The van der Waals surface area contributed by atoms with Gasteiger partial charge in [-0.25, -0.2) is 16.8 Å². The summed E-state index contributed by atoms with van der Waals surface area (Å²) in [6.07, 6.45) is 8.90. The normalized spacial score (nSPS) is 17.7. The van der Waals surface area contributed by atoms with Gasteiger partial charge in [0.25, 0.3) is 0 Å². The molecule has 1 fully saturated rings. The maximum atomic E-state index is 13.6. The van der Waals surface area contributed by atoms with Crippen LogP contribution in [0.2, 0.25) is 0 Å². The Hall–Kier alpha value is -5.15. The molecule has 0 aromatic heterocycles. The molecular weight excluding hydrogens is 833 g/mol. The first kappa shape index (κ1) is 43.0. The highest BCUT2D eigenvalue weighted by atomic mass is 32.2. The van der Waals surface area contributed by atoms with Gasteiger partial charge in [-0.3, -0.25) is 4.79 Å². The lowest BCUT2D eigenvalue weighted by Gasteiger charge is -2.21. The average Bonchev–Trinajstić information content (AvgIpc) is 3.91. The quantitative estimate of drug-likeness (QED) is 0.0875. The van der Waals surface area contributed by atoms with Gasteiger partial charge in [0.2, 0.25) is 0 Å². The van der Waals surface area contributed by atoms with E-state index < -0.39 is 31.7 Å². The summed E-state index contributed by atoms with van der Waals surface area (Å²) in [6, 6.07) is 44.2. The van der Waals surface area contributed by atoms with Crippen molar-refractivity contribution in [2.24, 2.45) is 0 Å². The molecule has 0 spiro atoms. The number of carbonyl (C=O) groups is 1. The number of hydrogen-bond donors (Lipinski definition) is 0. The van der Waals surface area contributed by atoms with E-state index in [1.54, 1.807) is 0 Å². The molecule has 308 valence electrons. The van der Waals surface area contributed by atoms with Gasteiger partial charge < -0.3 is 18.9 Å². The highest BCUT2D eigenvalue weighted by Crippen LogP contribution is 2.49. The van der Waals surface area contributed by atoms with Crippen LogP contribution in [-0.2, 0) is 25.0 Å². The highest BCUT2D eigenvalue weighted by molar-refractivity contribution is 8.04. The van der Waals surface area contributed by atoms with Crippen molar-refractivity contribution >= 4 is 60.9 Å².